The molecule has 0 saturated heterocycles. The largest absolute Gasteiger partial charge is 0.455 e. The fourth-order valence-corrected chi connectivity index (χ4v) is 7.73. The molecule has 0 aliphatic rings. The molecule has 10 rings (SSSR count). The van der Waals surface area contributed by atoms with Gasteiger partial charge in [0.05, 0.1) is 0 Å². The van der Waals surface area contributed by atoms with E-state index in [1.54, 1.807) is 0 Å². The Morgan fingerprint density at radius 1 is 0.327 bits per heavy atom. The van der Waals surface area contributed by atoms with E-state index in [9.17, 15) is 0 Å². The van der Waals surface area contributed by atoms with E-state index in [0.717, 1.165) is 44.6 Å². The van der Waals surface area contributed by atoms with Gasteiger partial charge in [-0.3, -0.25) is 0 Å². The van der Waals surface area contributed by atoms with Crippen LogP contribution in [0.1, 0.15) is 0 Å². The molecular formula is C50H33NO. The van der Waals surface area contributed by atoms with Gasteiger partial charge in [0.25, 0.3) is 0 Å². The average molecular weight is 664 g/mol. The summed E-state index contributed by atoms with van der Waals surface area (Å²) in [4.78, 5) is 2.34. The molecular weight excluding hydrogens is 631 g/mol. The number of rotatable bonds is 6. The van der Waals surface area contributed by atoms with E-state index in [-0.39, 0.29) is 0 Å². The second-order valence-corrected chi connectivity index (χ2v) is 13.3. The predicted octanol–water partition coefficient (Wildman–Crippen LogP) is 14.4. The molecule has 1 aromatic heterocycles. The van der Waals surface area contributed by atoms with Crippen molar-refractivity contribution in [2.45, 2.75) is 0 Å². The van der Waals surface area contributed by atoms with Gasteiger partial charge in [-0.2, -0.15) is 0 Å². The molecule has 0 radical (unpaired) electrons. The number of hydrogen-bond donors (Lipinski definition) is 0. The fraction of sp³-hybridized carbons (Fsp3) is 0. The molecule has 10 aromatic rings. The zero-order chi connectivity index (χ0) is 34.4. The fourth-order valence-electron chi connectivity index (χ4n) is 7.73. The van der Waals surface area contributed by atoms with Gasteiger partial charge in [-0.1, -0.05) is 152 Å². The Hall–Kier alpha value is -6.90. The zero-order valence-electron chi connectivity index (χ0n) is 28.4. The molecule has 0 N–H and O–H groups in total. The molecule has 2 heteroatoms. The minimum absolute atomic E-state index is 0.870. The number of benzene rings is 9. The molecule has 0 unspecified atom stereocenters. The van der Waals surface area contributed by atoms with E-state index in [4.69, 9.17) is 4.42 Å². The number of furan rings is 1. The van der Waals surface area contributed by atoms with Crippen LogP contribution in [0.3, 0.4) is 0 Å². The lowest BCUT2D eigenvalue weighted by atomic mass is 9.92. The van der Waals surface area contributed by atoms with Gasteiger partial charge in [0.2, 0.25) is 0 Å². The second kappa shape index (κ2) is 12.5. The third kappa shape index (κ3) is 5.12. The van der Waals surface area contributed by atoms with Crippen LogP contribution in [0.5, 0.6) is 0 Å². The van der Waals surface area contributed by atoms with Crippen LogP contribution < -0.4 is 4.90 Å². The Labute approximate surface area is 302 Å². The first-order chi connectivity index (χ1) is 25.8. The lowest BCUT2D eigenvalue weighted by Gasteiger charge is -2.26. The normalized spacial score (nSPS) is 11.5. The van der Waals surface area contributed by atoms with Crippen LogP contribution in [0.25, 0.3) is 76.9 Å². The Balaban J connectivity index is 1.17. The first-order valence-corrected chi connectivity index (χ1v) is 17.8. The highest BCUT2D eigenvalue weighted by molar-refractivity contribution is 6.21. The third-order valence-electron chi connectivity index (χ3n) is 10.2. The summed E-state index contributed by atoms with van der Waals surface area (Å²) in [6, 6.07) is 71.5. The Morgan fingerprint density at radius 2 is 0.846 bits per heavy atom. The molecule has 0 aliphatic carbocycles. The molecule has 0 saturated carbocycles. The van der Waals surface area contributed by atoms with Crippen LogP contribution in [-0.2, 0) is 0 Å². The highest BCUT2D eigenvalue weighted by Gasteiger charge is 2.20. The minimum Gasteiger partial charge on any atom is -0.455 e. The van der Waals surface area contributed by atoms with Gasteiger partial charge in [0, 0.05) is 33.4 Å². The van der Waals surface area contributed by atoms with E-state index >= 15 is 0 Å². The molecule has 0 bridgehead atoms. The van der Waals surface area contributed by atoms with Gasteiger partial charge in [-0.25, -0.2) is 0 Å². The lowest BCUT2D eigenvalue weighted by Crippen LogP contribution is -2.09. The topological polar surface area (TPSA) is 16.4 Å². The molecule has 0 fully saturated rings. The molecule has 52 heavy (non-hydrogen) atoms. The first kappa shape index (κ1) is 30.0. The maximum Gasteiger partial charge on any atom is 0.143 e. The van der Waals surface area contributed by atoms with Crippen LogP contribution in [-0.4, -0.2) is 0 Å². The van der Waals surface area contributed by atoms with Crippen molar-refractivity contribution in [1.29, 1.82) is 0 Å². The molecule has 1 heterocycles. The van der Waals surface area contributed by atoms with Gasteiger partial charge in [-0.05, 0) is 97.9 Å². The van der Waals surface area contributed by atoms with Gasteiger partial charge in [0.1, 0.15) is 11.2 Å². The van der Waals surface area contributed by atoms with Crippen molar-refractivity contribution in [3.63, 3.8) is 0 Å². The van der Waals surface area contributed by atoms with Crippen molar-refractivity contribution in [3.05, 3.63) is 200 Å². The Morgan fingerprint density at radius 3 is 1.50 bits per heavy atom. The molecule has 244 valence electrons. The van der Waals surface area contributed by atoms with E-state index in [2.05, 4.69) is 205 Å². The highest BCUT2D eigenvalue weighted by atomic mass is 16.3. The summed E-state index contributed by atoms with van der Waals surface area (Å²) in [7, 11) is 0. The summed E-state index contributed by atoms with van der Waals surface area (Å²) in [6.07, 6.45) is 0. The van der Waals surface area contributed by atoms with E-state index < -0.39 is 0 Å². The van der Waals surface area contributed by atoms with Crippen molar-refractivity contribution < 1.29 is 4.42 Å². The summed E-state index contributed by atoms with van der Waals surface area (Å²) in [5, 5.41) is 7.00. The summed E-state index contributed by atoms with van der Waals surface area (Å²) in [6.45, 7) is 0. The minimum atomic E-state index is 0.870. The number of anilines is 3. The van der Waals surface area contributed by atoms with Crippen LogP contribution in [0.2, 0.25) is 0 Å². The van der Waals surface area contributed by atoms with Gasteiger partial charge >= 0.3 is 0 Å². The van der Waals surface area contributed by atoms with Crippen molar-refractivity contribution in [1.82, 2.24) is 0 Å². The molecule has 0 spiro atoms. The predicted molar refractivity (Wildman–Crippen MR) is 220 cm³/mol. The van der Waals surface area contributed by atoms with Crippen molar-refractivity contribution in [3.8, 4) is 33.4 Å². The highest BCUT2D eigenvalue weighted by Crippen LogP contribution is 2.45. The number of nitrogens with zero attached hydrogens (tertiary/aromatic N) is 1. The summed E-state index contributed by atoms with van der Waals surface area (Å²) >= 11 is 0. The summed E-state index contributed by atoms with van der Waals surface area (Å²) < 4.78 is 6.85. The smallest absolute Gasteiger partial charge is 0.143 e. The number of fused-ring (bicyclic) bond motifs is 5. The van der Waals surface area contributed by atoms with Crippen LogP contribution >= 0.6 is 0 Å². The van der Waals surface area contributed by atoms with Gasteiger partial charge in [-0.15, -0.1) is 0 Å². The average Bonchev–Trinajstić information content (AvgIpc) is 3.58. The molecule has 0 aliphatic heterocycles. The van der Waals surface area contributed by atoms with Crippen LogP contribution in [0.15, 0.2) is 205 Å². The van der Waals surface area contributed by atoms with E-state index in [0.29, 0.717) is 0 Å². The number of hydrogen-bond acceptors (Lipinski definition) is 2. The van der Waals surface area contributed by atoms with E-state index in [1.807, 2.05) is 0 Å². The Kier molecular flexibility index (Phi) is 7.18. The SMILES string of the molecule is c1ccc(-c2ccc(N(c3ccc(-c4ccccc4)cc3)c3ccc4oc5c(-c6cccc7ccccc67)c6ccccc6cc5c4c3)cc2)cc1. The zero-order valence-corrected chi connectivity index (χ0v) is 28.4. The molecule has 0 atom stereocenters. The standard InChI is InChI=1S/C50H33NO/c1-3-12-34(13-4-1)36-22-26-40(27-23-36)51(41-28-24-37(25-29-41)35-14-5-2-6-15-35)42-30-31-48-46(33-42)47-32-39-17-8-10-20-44(39)49(50(47)52-48)45-21-11-18-38-16-7-9-19-43(38)45/h1-33H. The maximum atomic E-state index is 6.85. The van der Waals surface area contributed by atoms with Crippen molar-refractivity contribution in [2.24, 2.45) is 0 Å². The first-order valence-electron chi connectivity index (χ1n) is 17.8. The monoisotopic (exact) mass is 663 g/mol. The lowest BCUT2D eigenvalue weighted by molar-refractivity contribution is 0.670. The molecule has 0 amide bonds. The second-order valence-electron chi connectivity index (χ2n) is 13.3. The van der Waals surface area contributed by atoms with Crippen LogP contribution in [0, 0.1) is 0 Å². The maximum absolute atomic E-state index is 6.85. The van der Waals surface area contributed by atoms with E-state index in [1.165, 1.54) is 49.4 Å². The molecule has 2 nitrogen and oxygen atoms in total. The molecule has 9 aromatic carbocycles. The summed E-state index contributed by atoms with van der Waals surface area (Å²) in [5.41, 5.74) is 12.1. The van der Waals surface area contributed by atoms with Crippen molar-refractivity contribution in [2.75, 3.05) is 4.90 Å². The van der Waals surface area contributed by atoms with Gasteiger partial charge in [0.15, 0.2) is 0 Å². The Bertz CT molecular complexity index is 2780. The van der Waals surface area contributed by atoms with Crippen LogP contribution in [0.4, 0.5) is 17.1 Å². The third-order valence-corrected chi connectivity index (χ3v) is 10.2. The van der Waals surface area contributed by atoms with Gasteiger partial charge < -0.3 is 9.32 Å². The quantitative estimate of drug-likeness (QED) is 0.176. The van der Waals surface area contributed by atoms with Crippen molar-refractivity contribution >= 4 is 60.5 Å². The summed E-state index contributed by atoms with van der Waals surface area (Å²) in [5.74, 6) is 0.